The molecule has 0 unspecified atom stereocenters. The first-order valence-corrected chi connectivity index (χ1v) is 9.56. The Morgan fingerprint density at radius 3 is 2.92 bits per heavy atom. The molecule has 1 aliphatic carbocycles. The first-order chi connectivity index (χ1) is 11.8. The third kappa shape index (κ3) is 2.90. The van der Waals surface area contributed by atoms with Crippen molar-refractivity contribution < 1.29 is 26.6 Å². The van der Waals surface area contributed by atoms with Crippen LogP contribution in [0.3, 0.4) is 0 Å². The molecule has 1 saturated carbocycles. The molecule has 2 saturated heterocycles. The van der Waals surface area contributed by atoms with Gasteiger partial charge in [-0.15, -0.1) is 4.28 Å². The van der Waals surface area contributed by atoms with Crippen molar-refractivity contribution >= 4 is 16.4 Å². The largest absolute Gasteiger partial charge is 0.418 e. The molecule has 3 fully saturated rings. The highest BCUT2D eigenvalue weighted by Crippen LogP contribution is 2.61. The predicted octanol–water partition coefficient (Wildman–Crippen LogP) is 0.502. The Labute approximate surface area is 145 Å². The van der Waals surface area contributed by atoms with Gasteiger partial charge in [0.2, 0.25) is 0 Å². The normalized spacial score (nSPS) is 27.4. The number of hydroxylamine groups is 2. The van der Waals surface area contributed by atoms with Gasteiger partial charge in [0.05, 0.1) is 12.1 Å². The second-order valence-electron chi connectivity index (χ2n) is 6.93. The summed E-state index contributed by atoms with van der Waals surface area (Å²) in [7, 11) is -2.90. The average molecular weight is 372 g/mol. The maximum Gasteiger partial charge on any atom is 0.418 e. The van der Waals surface area contributed by atoms with E-state index in [4.69, 9.17) is 9.08 Å². The van der Waals surface area contributed by atoms with Crippen molar-refractivity contribution in [2.45, 2.75) is 37.8 Å². The summed E-state index contributed by atoms with van der Waals surface area (Å²) in [5.41, 5.74) is 0.472. The van der Waals surface area contributed by atoms with Crippen LogP contribution in [-0.4, -0.2) is 60.3 Å². The van der Waals surface area contributed by atoms with Gasteiger partial charge in [0.25, 0.3) is 0 Å². The van der Waals surface area contributed by atoms with Gasteiger partial charge in [-0.3, -0.25) is 4.55 Å². The Morgan fingerprint density at radius 2 is 2.28 bits per heavy atom. The lowest BCUT2D eigenvalue weighted by atomic mass is 9.84. The van der Waals surface area contributed by atoms with E-state index in [2.05, 4.69) is 14.8 Å². The van der Waals surface area contributed by atoms with Gasteiger partial charge >= 0.3 is 16.4 Å². The van der Waals surface area contributed by atoms with Gasteiger partial charge in [-0.2, -0.15) is 13.5 Å². The number of piperidine rings is 1. The van der Waals surface area contributed by atoms with Crippen molar-refractivity contribution in [1.82, 2.24) is 20.4 Å². The fourth-order valence-electron chi connectivity index (χ4n) is 3.93. The Morgan fingerprint density at radius 1 is 1.52 bits per heavy atom. The van der Waals surface area contributed by atoms with Crippen LogP contribution < -0.4 is 5.32 Å². The van der Waals surface area contributed by atoms with Gasteiger partial charge in [0, 0.05) is 25.6 Å². The second kappa shape index (κ2) is 5.66. The molecule has 11 heteroatoms. The Kier molecular flexibility index (Phi) is 3.79. The SMILES string of the molecule is CNCCc1cc([C@@H]2CC3(CC3)[C@@H]3CN2C(=O)N3OS(=O)(=O)O)no1. The molecule has 1 aromatic heterocycles. The van der Waals surface area contributed by atoms with Crippen molar-refractivity contribution in [2.24, 2.45) is 5.41 Å². The molecule has 2 amide bonds. The molecule has 1 spiro atoms. The Bertz CT molecular complexity index is 789. The first kappa shape index (κ1) is 16.8. The number of hydrogen-bond donors (Lipinski definition) is 2. The number of likely N-dealkylation sites (N-methyl/N-ethyl adjacent to an activating group) is 1. The fraction of sp³-hybridized carbons (Fsp3) is 0.714. The molecule has 0 aromatic carbocycles. The van der Waals surface area contributed by atoms with E-state index in [0.29, 0.717) is 25.1 Å². The van der Waals surface area contributed by atoms with Crippen LogP contribution in [0.1, 0.15) is 36.8 Å². The summed E-state index contributed by atoms with van der Waals surface area (Å²) in [5.74, 6) is 0.731. The number of aromatic nitrogens is 1. The average Bonchev–Trinajstić information content (AvgIpc) is 3.05. The molecule has 2 aliphatic heterocycles. The molecule has 2 bridgehead atoms. The monoisotopic (exact) mass is 372 g/mol. The summed E-state index contributed by atoms with van der Waals surface area (Å²) in [6.07, 6.45) is 3.12. The number of urea groups is 1. The van der Waals surface area contributed by atoms with E-state index in [1.807, 2.05) is 13.1 Å². The van der Waals surface area contributed by atoms with Crippen LogP contribution in [-0.2, 0) is 21.1 Å². The van der Waals surface area contributed by atoms with E-state index in [1.54, 1.807) is 4.90 Å². The number of amides is 2. The van der Waals surface area contributed by atoms with E-state index in [0.717, 1.165) is 30.2 Å². The van der Waals surface area contributed by atoms with Crippen molar-refractivity contribution in [1.29, 1.82) is 0 Å². The van der Waals surface area contributed by atoms with E-state index in [-0.39, 0.29) is 17.5 Å². The van der Waals surface area contributed by atoms with Gasteiger partial charge in [-0.25, -0.2) is 4.79 Å². The van der Waals surface area contributed by atoms with E-state index in [9.17, 15) is 13.2 Å². The summed E-state index contributed by atoms with van der Waals surface area (Å²) in [6, 6.07) is 0.608. The van der Waals surface area contributed by atoms with Crippen LogP contribution in [0.2, 0.25) is 0 Å². The minimum atomic E-state index is -4.75. The van der Waals surface area contributed by atoms with Crippen LogP contribution in [0.4, 0.5) is 4.79 Å². The third-order valence-electron chi connectivity index (χ3n) is 5.38. The second-order valence-corrected chi connectivity index (χ2v) is 7.94. The molecule has 138 valence electrons. The van der Waals surface area contributed by atoms with Gasteiger partial charge in [-0.05, 0) is 31.7 Å². The van der Waals surface area contributed by atoms with Crippen LogP contribution in [0.5, 0.6) is 0 Å². The molecular formula is C14H20N4O6S. The van der Waals surface area contributed by atoms with Crippen molar-refractivity contribution in [2.75, 3.05) is 20.1 Å². The molecule has 25 heavy (non-hydrogen) atoms. The van der Waals surface area contributed by atoms with Crippen molar-refractivity contribution in [3.8, 4) is 0 Å². The number of carbonyl (C=O) groups excluding carboxylic acids is 1. The highest BCUT2D eigenvalue weighted by molar-refractivity contribution is 7.80. The predicted molar refractivity (Wildman–Crippen MR) is 83.5 cm³/mol. The summed E-state index contributed by atoms with van der Waals surface area (Å²) in [5, 5.41) is 7.96. The summed E-state index contributed by atoms with van der Waals surface area (Å²) >= 11 is 0. The van der Waals surface area contributed by atoms with Crippen molar-refractivity contribution in [3.63, 3.8) is 0 Å². The van der Waals surface area contributed by atoms with E-state index in [1.165, 1.54) is 0 Å². The molecule has 0 radical (unpaired) electrons. The number of carbonyl (C=O) groups is 1. The third-order valence-corrected chi connectivity index (χ3v) is 5.73. The summed E-state index contributed by atoms with van der Waals surface area (Å²) in [4.78, 5) is 14.2. The molecule has 10 nitrogen and oxygen atoms in total. The zero-order chi connectivity index (χ0) is 17.8. The van der Waals surface area contributed by atoms with E-state index >= 15 is 0 Å². The molecular weight excluding hydrogens is 352 g/mol. The van der Waals surface area contributed by atoms with Crippen LogP contribution in [0.15, 0.2) is 10.6 Å². The van der Waals surface area contributed by atoms with Gasteiger partial charge in [-0.1, -0.05) is 5.16 Å². The quantitative estimate of drug-likeness (QED) is 0.692. The number of nitrogens with one attached hydrogen (secondary N) is 1. The van der Waals surface area contributed by atoms with Gasteiger partial charge in [0.15, 0.2) is 0 Å². The maximum atomic E-state index is 12.6. The molecule has 4 rings (SSSR count). The summed E-state index contributed by atoms with van der Waals surface area (Å²) < 4.78 is 41.1. The molecule has 1 aromatic rings. The molecule has 2 N–H and O–H groups in total. The van der Waals surface area contributed by atoms with Gasteiger partial charge < -0.3 is 14.7 Å². The minimum Gasteiger partial charge on any atom is -0.361 e. The molecule has 3 aliphatic rings. The lowest BCUT2D eigenvalue weighted by Gasteiger charge is -2.35. The highest BCUT2D eigenvalue weighted by atomic mass is 32.3. The lowest BCUT2D eigenvalue weighted by molar-refractivity contribution is -0.0527. The van der Waals surface area contributed by atoms with Crippen LogP contribution >= 0.6 is 0 Å². The topological polar surface area (TPSA) is 125 Å². The first-order valence-electron chi connectivity index (χ1n) is 8.20. The smallest absolute Gasteiger partial charge is 0.361 e. The fourth-order valence-corrected chi connectivity index (χ4v) is 4.30. The lowest BCUT2D eigenvalue weighted by Crippen LogP contribution is -2.43. The zero-order valence-electron chi connectivity index (χ0n) is 13.7. The molecule has 3 heterocycles. The zero-order valence-corrected chi connectivity index (χ0v) is 14.5. The standard InChI is InChI=1S/C14H20N4O6S/c1-15-5-2-9-6-10(16-23-9)11-7-14(3-4-14)12-8-17(11)13(19)18(12)24-25(20,21)22/h6,11-12,15H,2-5,7-8H2,1H3,(H,20,21,22)/t11-,12-/m0/s1. The van der Waals surface area contributed by atoms with Crippen LogP contribution in [0.25, 0.3) is 0 Å². The summed E-state index contributed by atoms with van der Waals surface area (Å²) in [6.45, 7) is 1.10. The Hall–Kier alpha value is -1.69. The maximum absolute atomic E-state index is 12.6. The minimum absolute atomic E-state index is 0.192. The number of fused-ring (bicyclic) bond motifs is 3. The van der Waals surface area contributed by atoms with Gasteiger partial charge in [0.1, 0.15) is 11.5 Å². The van der Waals surface area contributed by atoms with E-state index < -0.39 is 16.4 Å². The van der Waals surface area contributed by atoms with Crippen molar-refractivity contribution in [3.05, 3.63) is 17.5 Å². The molecule has 2 atom stereocenters. The highest BCUT2D eigenvalue weighted by Gasteiger charge is 2.64. The number of nitrogens with zero attached hydrogens (tertiary/aromatic N) is 3. The Balaban J connectivity index is 1.60. The van der Waals surface area contributed by atoms with Crippen LogP contribution in [0, 0.1) is 5.41 Å². The number of hydrogen-bond acceptors (Lipinski definition) is 7. The number of rotatable bonds is 6.